The van der Waals surface area contributed by atoms with Crippen LogP contribution in [0.3, 0.4) is 0 Å². The molecule has 2 aliphatic heterocycles. The second-order valence-electron chi connectivity index (χ2n) is 7.63. The summed E-state index contributed by atoms with van der Waals surface area (Å²) in [6.45, 7) is 4.29. The van der Waals surface area contributed by atoms with E-state index in [1.54, 1.807) is 0 Å². The molecule has 0 unspecified atom stereocenters. The van der Waals surface area contributed by atoms with E-state index >= 15 is 0 Å². The van der Waals surface area contributed by atoms with E-state index < -0.39 is 12.1 Å². The average Bonchev–Trinajstić information content (AvgIpc) is 3.40. The number of aromatic nitrogens is 3. The Morgan fingerprint density at radius 2 is 2.09 bits per heavy atom. The summed E-state index contributed by atoms with van der Waals surface area (Å²) < 4.78 is 46.0. The number of hydrogen-bond acceptors (Lipinski definition) is 6. The highest BCUT2D eigenvalue weighted by molar-refractivity contribution is 5.73. The number of fused-ring (bicyclic) bond motifs is 1. The molecular weight excluding hydrogens is 429 g/mol. The first-order valence-corrected chi connectivity index (χ1v) is 10.5. The van der Waals surface area contributed by atoms with Gasteiger partial charge in [-0.2, -0.15) is 18.3 Å². The van der Waals surface area contributed by atoms with Gasteiger partial charge >= 0.3 is 12.1 Å². The first-order chi connectivity index (χ1) is 15.3. The Morgan fingerprint density at radius 3 is 2.75 bits per heavy atom. The Morgan fingerprint density at radius 1 is 1.28 bits per heavy atom. The van der Waals surface area contributed by atoms with Crippen LogP contribution in [-0.4, -0.2) is 74.9 Å². The standard InChI is InChI=1S/C19H26N4O2.C2HF3O2/c1-2-8-20-16(6-1)14-22-15-18(19-17(22)7-3-12-25-19)24-13-5-11-23-10-4-9-21-23;3-2(4,5)1(6)7/h1-2,4,6,8-10,17-19H,3,5,7,11-15H2;(H,6,7)/t17-,18-,19+;/m1./s1. The number of nitrogens with zero attached hydrogens (tertiary/aromatic N) is 4. The Bertz CT molecular complexity index is 820. The highest BCUT2D eigenvalue weighted by Gasteiger charge is 2.44. The average molecular weight is 456 g/mol. The number of hydrogen-bond donors (Lipinski definition) is 1. The van der Waals surface area contributed by atoms with Crippen LogP contribution in [0, 0.1) is 0 Å². The van der Waals surface area contributed by atoms with Crippen molar-refractivity contribution in [2.75, 3.05) is 19.8 Å². The maximum Gasteiger partial charge on any atom is 0.490 e. The zero-order valence-electron chi connectivity index (χ0n) is 17.5. The lowest BCUT2D eigenvalue weighted by molar-refractivity contribution is -0.192. The van der Waals surface area contributed by atoms with Gasteiger partial charge in [0.05, 0.1) is 11.8 Å². The third kappa shape index (κ3) is 7.01. The molecule has 0 saturated carbocycles. The van der Waals surface area contributed by atoms with Gasteiger partial charge in [-0.1, -0.05) is 6.07 Å². The van der Waals surface area contributed by atoms with Crippen molar-refractivity contribution in [2.24, 2.45) is 0 Å². The van der Waals surface area contributed by atoms with Crippen LogP contribution in [0.25, 0.3) is 0 Å². The van der Waals surface area contributed by atoms with Gasteiger partial charge in [-0.25, -0.2) is 4.79 Å². The van der Waals surface area contributed by atoms with Crippen LogP contribution >= 0.6 is 0 Å². The molecule has 2 aliphatic rings. The largest absolute Gasteiger partial charge is 0.490 e. The van der Waals surface area contributed by atoms with Crippen molar-refractivity contribution in [3.63, 3.8) is 0 Å². The SMILES string of the molecule is O=C(O)C(F)(F)F.c1ccc(CN2C[C@@H](OCCCn3cccn3)[C@H]3OCCC[C@H]32)nc1. The van der Waals surface area contributed by atoms with Crippen LogP contribution < -0.4 is 0 Å². The molecule has 2 fully saturated rings. The van der Waals surface area contributed by atoms with Gasteiger partial charge in [0, 0.05) is 57.5 Å². The highest BCUT2D eigenvalue weighted by atomic mass is 19.4. The molecule has 0 spiro atoms. The normalized spacial score (nSPS) is 23.3. The fourth-order valence-electron chi connectivity index (χ4n) is 3.93. The number of pyridine rings is 1. The molecule has 32 heavy (non-hydrogen) atoms. The van der Waals surface area contributed by atoms with E-state index in [1.165, 1.54) is 6.42 Å². The molecule has 2 aromatic rings. The van der Waals surface area contributed by atoms with Crippen molar-refractivity contribution in [1.82, 2.24) is 19.7 Å². The van der Waals surface area contributed by atoms with Gasteiger partial charge in [-0.15, -0.1) is 0 Å². The molecule has 0 amide bonds. The second kappa shape index (κ2) is 11.4. The summed E-state index contributed by atoms with van der Waals surface area (Å²) in [5, 5.41) is 11.4. The number of alkyl halides is 3. The number of carboxylic acids is 1. The fourth-order valence-corrected chi connectivity index (χ4v) is 3.93. The van der Waals surface area contributed by atoms with Crippen LogP contribution in [0.5, 0.6) is 0 Å². The Kier molecular flexibility index (Phi) is 8.60. The number of ether oxygens (including phenoxy) is 2. The maximum absolute atomic E-state index is 10.6. The quantitative estimate of drug-likeness (QED) is 0.641. The number of aryl methyl sites for hydroxylation is 1. The van der Waals surface area contributed by atoms with E-state index in [4.69, 9.17) is 19.4 Å². The molecule has 176 valence electrons. The number of likely N-dealkylation sites (tertiary alicyclic amines) is 1. The van der Waals surface area contributed by atoms with E-state index in [-0.39, 0.29) is 12.2 Å². The monoisotopic (exact) mass is 456 g/mol. The van der Waals surface area contributed by atoms with Crippen LogP contribution in [0.4, 0.5) is 13.2 Å². The molecular formula is C21H27F3N4O4. The van der Waals surface area contributed by atoms with Gasteiger partial charge in [0.15, 0.2) is 0 Å². The number of carbonyl (C=O) groups is 1. The summed E-state index contributed by atoms with van der Waals surface area (Å²) in [4.78, 5) is 15.9. The van der Waals surface area contributed by atoms with E-state index in [0.29, 0.717) is 6.04 Å². The first-order valence-electron chi connectivity index (χ1n) is 10.5. The predicted octanol–water partition coefficient (Wildman–Crippen LogP) is 2.75. The van der Waals surface area contributed by atoms with Crippen LogP contribution in [0.2, 0.25) is 0 Å². The summed E-state index contributed by atoms with van der Waals surface area (Å²) in [5.41, 5.74) is 1.12. The molecule has 8 nitrogen and oxygen atoms in total. The highest BCUT2D eigenvalue weighted by Crippen LogP contribution is 2.31. The van der Waals surface area contributed by atoms with Crippen molar-refractivity contribution in [1.29, 1.82) is 0 Å². The van der Waals surface area contributed by atoms with Crippen molar-refractivity contribution >= 4 is 5.97 Å². The summed E-state index contributed by atoms with van der Waals surface area (Å²) in [5.74, 6) is -2.76. The molecule has 4 heterocycles. The molecule has 0 bridgehead atoms. The van der Waals surface area contributed by atoms with E-state index in [9.17, 15) is 13.2 Å². The Labute approximate surface area is 183 Å². The number of rotatable bonds is 7. The van der Waals surface area contributed by atoms with E-state index in [0.717, 1.165) is 51.4 Å². The third-order valence-corrected chi connectivity index (χ3v) is 5.34. The van der Waals surface area contributed by atoms with Crippen LogP contribution in [0.15, 0.2) is 42.9 Å². The minimum atomic E-state index is -5.08. The lowest BCUT2D eigenvalue weighted by atomic mass is 10.0. The lowest BCUT2D eigenvalue weighted by Gasteiger charge is -2.32. The van der Waals surface area contributed by atoms with Crippen molar-refractivity contribution in [2.45, 2.75) is 56.8 Å². The summed E-state index contributed by atoms with van der Waals surface area (Å²) in [6, 6.07) is 8.51. The van der Waals surface area contributed by atoms with E-state index in [2.05, 4.69) is 27.1 Å². The number of carboxylic acid groups (broad SMARTS) is 1. The fraction of sp³-hybridized carbons (Fsp3) is 0.571. The molecule has 11 heteroatoms. The zero-order chi connectivity index (χ0) is 23.0. The van der Waals surface area contributed by atoms with Gasteiger partial charge < -0.3 is 14.6 Å². The van der Waals surface area contributed by atoms with Gasteiger partial charge in [0.2, 0.25) is 0 Å². The minimum absolute atomic E-state index is 0.159. The first kappa shape index (κ1) is 24.1. The van der Waals surface area contributed by atoms with Crippen LogP contribution in [0.1, 0.15) is 25.0 Å². The molecule has 0 aromatic carbocycles. The summed E-state index contributed by atoms with van der Waals surface area (Å²) >= 11 is 0. The number of halogens is 3. The summed E-state index contributed by atoms with van der Waals surface area (Å²) in [6.07, 6.45) is 4.22. The van der Waals surface area contributed by atoms with Crippen molar-refractivity contribution < 1.29 is 32.5 Å². The van der Waals surface area contributed by atoms with Gasteiger partial charge in [-0.05, 0) is 37.5 Å². The molecule has 0 aliphatic carbocycles. The van der Waals surface area contributed by atoms with Crippen molar-refractivity contribution in [3.05, 3.63) is 48.5 Å². The molecule has 2 aromatic heterocycles. The Hall–Kier alpha value is -2.50. The maximum atomic E-state index is 10.6. The molecule has 0 radical (unpaired) electrons. The van der Waals surface area contributed by atoms with Gasteiger partial charge in [-0.3, -0.25) is 14.6 Å². The molecule has 2 saturated heterocycles. The smallest absolute Gasteiger partial charge is 0.475 e. The zero-order valence-corrected chi connectivity index (χ0v) is 17.5. The minimum Gasteiger partial charge on any atom is -0.475 e. The van der Waals surface area contributed by atoms with Gasteiger partial charge in [0.1, 0.15) is 6.10 Å². The second-order valence-corrected chi connectivity index (χ2v) is 7.63. The topological polar surface area (TPSA) is 89.7 Å². The van der Waals surface area contributed by atoms with Crippen molar-refractivity contribution in [3.8, 4) is 0 Å². The number of aliphatic carboxylic acids is 1. The third-order valence-electron chi connectivity index (χ3n) is 5.34. The van der Waals surface area contributed by atoms with Gasteiger partial charge in [0.25, 0.3) is 0 Å². The molecule has 1 N–H and O–H groups in total. The van der Waals surface area contributed by atoms with Crippen LogP contribution in [-0.2, 0) is 27.4 Å². The van der Waals surface area contributed by atoms with E-state index in [1.807, 2.05) is 35.4 Å². The predicted molar refractivity (Wildman–Crippen MR) is 108 cm³/mol. The molecule has 4 rings (SSSR count). The lowest BCUT2D eigenvalue weighted by Crippen LogP contribution is -2.41. The summed E-state index contributed by atoms with van der Waals surface area (Å²) in [7, 11) is 0. The molecule has 3 atom stereocenters. The Balaban J connectivity index is 0.000000360.